The van der Waals surface area contributed by atoms with Crippen molar-refractivity contribution in [3.05, 3.63) is 54.1 Å². The molecule has 1 atom stereocenters. The Balaban J connectivity index is 2.20. The molecule has 0 amide bonds. The number of anilines is 1. The maximum absolute atomic E-state index is 9.55. The molecule has 1 unspecified atom stereocenters. The molecule has 0 fully saturated rings. The summed E-state index contributed by atoms with van der Waals surface area (Å²) in [6.45, 7) is 2.11. The van der Waals surface area contributed by atoms with E-state index in [0.29, 0.717) is 5.75 Å². The van der Waals surface area contributed by atoms with Crippen LogP contribution in [0.15, 0.2) is 48.5 Å². The summed E-state index contributed by atoms with van der Waals surface area (Å²) in [5, 5.41) is 9.55. The van der Waals surface area contributed by atoms with E-state index in [1.165, 1.54) is 0 Å². The minimum Gasteiger partial charge on any atom is -0.508 e. The van der Waals surface area contributed by atoms with Crippen LogP contribution >= 0.6 is 0 Å². The Morgan fingerprint density at radius 3 is 2.37 bits per heavy atom. The van der Waals surface area contributed by atoms with Crippen LogP contribution in [-0.2, 0) is 0 Å². The number of ether oxygens (including phenoxy) is 1. The Morgan fingerprint density at radius 2 is 1.79 bits per heavy atom. The molecule has 0 saturated carbocycles. The van der Waals surface area contributed by atoms with Gasteiger partial charge < -0.3 is 14.7 Å². The van der Waals surface area contributed by atoms with Crippen molar-refractivity contribution < 1.29 is 9.84 Å². The number of nitrogens with zero attached hydrogens (tertiary/aromatic N) is 1. The number of benzene rings is 2. The van der Waals surface area contributed by atoms with Crippen molar-refractivity contribution in [2.75, 3.05) is 19.1 Å². The summed E-state index contributed by atoms with van der Waals surface area (Å²) in [6.07, 6.45) is 0. The molecule has 3 nitrogen and oxygen atoms in total. The molecule has 3 heteroatoms. The van der Waals surface area contributed by atoms with Crippen molar-refractivity contribution in [1.82, 2.24) is 0 Å². The van der Waals surface area contributed by atoms with Crippen LogP contribution in [0.4, 0.5) is 5.69 Å². The van der Waals surface area contributed by atoms with Gasteiger partial charge in [-0.1, -0.05) is 12.1 Å². The lowest BCUT2D eigenvalue weighted by molar-refractivity contribution is 0.415. The predicted octanol–water partition coefficient (Wildman–Crippen LogP) is 3.60. The molecule has 1 N–H and O–H groups in total. The average Bonchev–Trinajstić information content (AvgIpc) is 2.46. The van der Waals surface area contributed by atoms with Crippen molar-refractivity contribution in [2.45, 2.75) is 13.0 Å². The van der Waals surface area contributed by atoms with Gasteiger partial charge in [-0.05, 0) is 48.9 Å². The number of phenolic OH excluding ortho intramolecular Hbond substituents is 1. The third kappa shape index (κ3) is 2.99. The highest BCUT2D eigenvalue weighted by Crippen LogP contribution is 2.28. The monoisotopic (exact) mass is 257 g/mol. The Kier molecular flexibility index (Phi) is 3.95. The molecule has 2 aromatic rings. The second-order valence-corrected chi connectivity index (χ2v) is 4.58. The van der Waals surface area contributed by atoms with E-state index < -0.39 is 0 Å². The molecular formula is C16H19NO2. The van der Waals surface area contributed by atoms with Crippen LogP contribution in [0.2, 0.25) is 0 Å². The van der Waals surface area contributed by atoms with Gasteiger partial charge in [0.25, 0.3) is 0 Å². The summed E-state index contributed by atoms with van der Waals surface area (Å²) in [7, 11) is 3.70. The summed E-state index contributed by atoms with van der Waals surface area (Å²) in [4.78, 5) is 2.16. The molecular weight excluding hydrogens is 238 g/mol. The molecule has 0 heterocycles. The van der Waals surface area contributed by atoms with E-state index in [9.17, 15) is 5.11 Å². The lowest BCUT2D eigenvalue weighted by Gasteiger charge is -2.27. The molecule has 0 saturated heterocycles. The zero-order valence-electron chi connectivity index (χ0n) is 11.5. The van der Waals surface area contributed by atoms with E-state index in [2.05, 4.69) is 11.8 Å². The Bertz CT molecular complexity index is 537. The second-order valence-electron chi connectivity index (χ2n) is 4.58. The van der Waals surface area contributed by atoms with E-state index in [1.54, 1.807) is 19.2 Å². The number of rotatable bonds is 4. The van der Waals surface area contributed by atoms with E-state index in [4.69, 9.17) is 4.74 Å². The normalized spacial score (nSPS) is 11.9. The number of phenols is 1. The van der Waals surface area contributed by atoms with Gasteiger partial charge in [-0.3, -0.25) is 0 Å². The highest BCUT2D eigenvalue weighted by molar-refractivity contribution is 5.50. The first-order valence-electron chi connectivity index (χ1n) is 6.27. The van der Waals surface area contributed by atoms with Crippen molar-refractivity contribution in [3.8, 4) is 11.5 Å². The van der Waals surface area contributed by atoms with Crippen LogP contribution in [0, 0.1) is 0 Å². The van der Waals surface area contributed by atoms with Gasteiger partial charge in [0.05, 0.1) is 13.2 Å². The third-order valence-corrected chi connectivity index (χ3v) is 3.41. The molecule has 0 aromatic heterocycles. The summed E-state index contributed by atoms with van der Waals surface area (Å²) < 4.78 is 5.16. The number of hydrogen-bond acceptors (Lipinski definition) is 3. The summed E-state index contributed by atoms with van der Waals surface area (Å²) in [6, 6.07) is 15.5. The van der Waals surface area contributed by atoms with Crippen molar-refractivity contribution in [3.63, 3.8) is 0 Å². The van der Waals surface area contributed by atoms with E-state index in [1.807, 2.05) is 43.4 Å². The zero-order valence-corrected chi connectivity index (χ0v) is 11.5. The van der Waals surface area contributed by atoms with E-state index >= 15 is 0 Å². The molecule has 100 valence electrons. The molecule has 0 spiro atoms. The molecule has 2 aromatic carbocycles. The number of methoxy groups -OCH3 is 1. The highest BCUT2D eigenvalue weighted by atomic mass is 16.5. The van der Waals surface area contributed by atoms with Crippen LogP contribution in [0.5, 0.6) is 11.5 Å². The van der Waals surface area contributed by atoms with Gasteiger partial charge in [-0.15, -0.1) is 0 Å². The van der Waals surface area contributed by atoms with Crippen LogP contribution < -0.4 is 9.64 Å². The smallest absolute Gasteiger partial charge is 0.119 e. The molecule has 19 heavy (non-hydrogen) atoms. The molecule has 0 aliphatic rings. The average molecular weight is 257 g/mol. The highest BCUT2D eigenvalue weighted by Gasteiger charge is 2.12. The largest absolute Gasteiger partial charge is 0.508 e. The first-order valence-corrected chi connectivity index (χ1v) is 6.27. The maximum Gasteiger partial charge on any atom is 0.119 e. The number of hydrogen-bond donors (Lipinski definition) is 1. The Labute approximate surface area is 114 Å². The van der Waals surface area contributed by atoms with Crippen LogP contribution in [0.3, 0.4) is 0 Å². The van der Waals surface area contributed by atoms with Crippen molar-refractivity contribution in [1.29, 1.82) is 0 Å². The SMILES string of the molecule is COc1ccc(N(C)C(C)c2cccc(O)c2)cc1. The van der Waals surface area contributed by atoms with Gasteiger partial charge in [0.2, 0.25) is 0 Å². The lowest BCUT2D eigenvalue weighted by Crippen LogP contribution is -2.21. The zero-order chi connectivity index (χ0) is 13.8. The van der Waals surface area contributed by atoms with Gasteiger partial charge in [0, 0.05) is 12.7 Å². The van der Waals surface area contributed by atoms with E-state index in [0.717, 1.165) is 17.0 Å². The Morgan fingerprint density at radius 1 is 1.11 bits per heavy atom. The fourth-order valence-electron chi connectivity index (χ4n) is 2.05. The molecule has 0 aliphatic carbocycles. The maximum atomic E-state index is 9.55. The third-order valence-electron chi connectivity index (χ3n) is 3.41. The fourth-order valence-corrected chi connectivity index (χ4v) is 2.05. The first-order chi connectivity index (χ1) is 9.11. The minimum atomic E-state index is 0.181. The van der Waals surface area contributed by atoms with Gasteiger partial charge in [-0.25, -0.2) is 0 Å². The van der Waals surface area contributed by atoms with Crippen LogP contribution in [0.25, 0.3) is 0 Å². The quantitative estimate of drug-likeness (QED) is 0.908. The first kappa shape index (κ1) is 13.3. The minimum absolute atomic E-state index is 0.181. The standard InChI is InChI=1S/C16H19NO2/c1-12(13-5-4-6-15(18)11-13)17(2)14-7-9-16(19-3)10-8-14/h4-12,18H,1-3H3. The van der Waals surface area contributed by atoms with Crippen molar-refractivity contribution in [2.24, 2.45) is 0 Å². The van der Waals surface area contributed by atoms with Crippen LogP contribution in [0.1, 0.15) is 18.5 Å². The molecule has 0 aliphatic heterocycles. The van der Waals surface area contributed by atoms with E-state index in [-0.39, 0.29) is 6.04 Å². The summed E-state index contributed by atoms with van der Waals surface area (Å²) in [5.41, 5.74) is 2.19. The van der Waals surface area contributed by atoms with Gasteiger partial charge in [0.1, 0.15) is 11.5 Å². The lowest BCUT2D eigenvalue weighted by atomic mass is 10.1. The molecule has 0 bridgehead atoms. The molecule has 0 radical (unpaired) electrons. The van der Waals surface area contributed by atoms with Gasteiger partial charge in [-0.2, -0.15) is 0 Å². The summed E-state index contributed by atoms with van der Waals surface area (Å²) in [5.74, 6) is 1.15. The second kappa shape index (κ2) is 5.65. The van der Waals surface area contributed by atoms with Crippen LogP contribution in [-0.4, -0.2) is 19.3 Å². The summed E-state index contributed by atoms with van der Waals surface area (Å²) >= 11 is 0. The topological polar surface area (TPSA) is 32.7 Å². The predicted molar refractivity (Wildman–Crippen MR) is 77.9 cm³/mol. The van der Waals surface area contributed by atoms with Gasteiger partial charge >= 0.3 is 0 Å². The molecule has 2 rings (SSSR count). The number of aromatic hydroxyl groups is 1. The fraction of sp³-hybridized carbons (Fsp3) is 0.250. The van der Waals surface area contributed by atoms with Gasteiger partial charge in [0.15, 0.2) is 0 Å². The Hall–Kier alpha value is -2.16. The van der Waals surface area contributed by atoms with Crippen molar-refractivity contribution >= 4 is 5.69 Å².